The van der Waals surface area contributed by atoms with Gasteiger partial charge in [-0.2, -0.15) is 5.26 Å². The molecule has 1 N–H and O–H groups in total. The highest BCUT2D eigenvalue weighted by atomic mass is 16.6. The second-order valence-electron chi connectivity index (χ2n) is 7.89. The molecule has 0 aliphatic heterocycles. The van der Waals surface area contributed by atoms with E-state index in [9.17, 15) is 14.4 Å². The summed E-state index contributed by atoms with van der Waals surface area (Å²) in [6.45, 7) is 5.99. The van der Waals surface area contributed by atoms with Gasteiger partial charge in [-0.1, -0.05) is 27.2 Å². The van der Waals surface area contributed by atoms with Gasteiger partial charge in [0.05, 0.1) is 11.6 Å². The van der Waals surface area contributed by atoms with E-state index >= 15 is 0 Å². The largest absolute Gasteiger partial charge is 0.460 e. The second-order valence-corrected chi connectivity index (χ2v) is 7.89. The van der Waals surface area contributed by atoms with Crippen molar-refractivity contribution in [2.24, 2.45) is 17.8 Å². The number of nitrogens with one attached hydrogen (secondary N) is 1. The zero-order valence-corrected chi connectivity index (χ0v) is 17.1. The number of carbonyl (C=O) groups excluding carboxylic acids is 3. The number of esters is 2. The van der Waals surface area contributed by atoms with E-state index in [1.807, 2.05) is 0 Å². The van der Waals surface area contributed by atoms with Gasteiger partial charge < -0.3 is 14.8 Å². The Morgan fingerprint density at radius 2 is 1.90 bits per heavy atom. The number of ether oxygens (including phenoxy) is 2. The van der Waals surface area contributed by atoms with Crippen LogP contribution in [0.2, 0.25) is 0 Å². The fourth-order valence-electron chi connectivity index (χ4n) is 3.63. The molecular weight excluding hydrogens is 372 g/mol. The molecule has 7 heteroatoms. The van der Waals surface area contributed by atoms with Gasteiger partial charge in [0.2, 0.25) is 5.91 Å². The number of hydrogen-bond acceptors (Lipinski definition) is 6. The Morgan fingerprint density at radius 1 is 1.21 bits per heavy atom. The fourth-order valence-corrected chi connectivity index (χ4v) is 3.63. The molecule has 3 atom stereocenters. The van der Waals surface area contributed by atoms with Crippen LogP contribution in [0.25, 0.3) is 0 Å². The van der Waals surface area contributed by atoms with Crippen LogP contribution in [0.3, 0.4) is 0 Å². The molecule has 1 aromatic rings. The first-order valence-corrected chi connectivity index (χ1v) is 9.93. The summed E-state index contributed by atoms with van der Waals surface area (Å²) in [4.78, 5) is 35.7. The quantitative estimate of drug-likeness (QED) is 0.700. The minimum Gasteiger partial charge on any atom is -0.460 e. The Kier molecular flexibility index (Phi) is 8.20. The van der Waals surface area contributed by atoms with Crippen LogP contribution >= 0.6 is 0 Å². The summed E-state index contributed by atoms with van der Waals surface area (Å²) >= 11 is 0. The fraction of sp³-hybridized carbons (Fsp3) is 0.545. The van der Waals surface area contributed by atoms with Gasteiger partial charge in [-0.15, -0.1) is 0 Å². The average Bonchev–Trinajstić information content (AvgIpc) is 2.66. The van der Waals surface area contributed by atoms with Crippen molar-refractivity contribution < 1.29 is 23.9 Å². The Morgan fingerprint density at radius 3 is 2.52 bits per heavy atom. The first-order chi connectivity index (χ1) is 13.8. The molecule has 7 nitrogen and oxygen atoms in total. The first-order valence-electron chi connectivity index (χ1n) is 9.93. The minimum atomic E-state index is -0.644. The predicted octanol–water partition coefficient (Wildman–Crippen LogP) is 3.70. The maximum absolute atomic E-state index is 12.2. The van der Waals surface area contributed by atoms with Crippen LogP contribution < -0.4 is 5.32 Å². The number of amides is 1. The van der Waals surface area contributed by atoms with Crippen molar-refractivity contribution in [3.63, 3.8) is 0 Å². The minimum absolute atomic E-state index is 0.138. The molecule has 0 radical (unpaired) electrons. The monoisotopic (exact) mass is 400 g/mol. The predicted molar refractivity (Wildman–Crippen MR) is 107 cm³/mol. The van der Waals surface area contributed by atoms with Gasteiger partial charge >= 0.3 is 11.9 Å². The molecule has 1 aromatic carbocycles. The topological polar surface area (TPSA) is 105 Å². The molecule has 1 amide bonds. The van der Waals surface area contributed by atoms with Crippen molar-refractivity contribution in [3.8, 4) is 6.07 Å². The normalized spacial score (nSPS) is 21.1. The summed E-state index contributed by atoms with van der Waals surface area (Å²) < 4.78 is 10.7. The smallest absolute Gasteiger partial charge is 0.344 e. The van der Waals surface area contributed by atoms with Gasteiger partial charge in [-0.25, -0.2) is 9.59 Å². The standard InChI is InChI=1S/C22H28N2O5/c1-14(2)18-9-4-15(3)12-19(18)29-21(26)13-28-22(27)16-5-7-17(8-6-16)24-20(25)10-11-23/h5-8,14-15,18-19H,4,9-10,12-13H2,1-3H3,(H,24,25)/t15-,18-,19-/m1/s1. The molecule has 1 aliphatic carbocycles. The maximum atomic E-state index is 12.2. The highest BCUT2D eigenvalue weighted by Gasteiger charge is 2.33. The van der Waals surface area contributed by atoms with E-state index in [2.05, 4.69) is 26.1 Å². The van der Waals surface area contributed by atoms with Gasteiger partial charge in [-0.3, -0.25) is 4.79 Å². The highest BCUT2D eigenvalue weighted by molar-refractivity contribution is 5.94. The molecule has 0 heterocycles. The number of nitrogens with zero attached hydrogens (tertiary/aromatic N) is 1. The second kappa shape index (κ2) is 10.6. The lowest BCUT2D eigenvalue weighted by Gasteiger charge is -2.36. The van der Waals surface area contributed by atoms with Gasteiger partial charge in [0.1, 0.15) is 12.5 Å². The summed E-state index contributed by atoms with van der Waals surface area (Å²) in [6, 6.07) is 7.77. The number of anilines is 1. The Hall–Kier alpha value is -2.88. The molecule has 0 saturated heterocycles. The Labute approximate surface area is 171 Å². The zero-order chi connectivity index (χ0) is 21.4. The van der Waals surface area contributed by atoms with E-state index in [1.165, 1.54) is 24.3 Å². The SMILES string of the molecule is CC(C)[C@H]1CC[C@@H](C)C[C@H]1OC(=O)COC(=O)c1ccc(NC(=O)CC#N)cc1. The highest BCUT2D eigenvalue weighted by Crippen LogP contribution is 2.35. The van der Waals surface area contributed by atoms with Crippen LogP contribution in [0.1, 0.15) is 56.8 Å². The summed E-state index contributed by atoms with van der Waals surface area (Å²) in [5.74, 6) is -0.345. The molecule has 0 bridgehead atoms. The molecular formula is C22H28N2O5. The van der Waals surface area contributed by atoms with Gasteiger partial charge in [0.15, 0.2) is 6.61 Å². The molecule has 0 aromatic heterocycles. The zero-order valence-electron chi connectivity index (χ0n) is 17.1. The van der Waals surface area contributed by atoms with E-state index in [0.717, 1.165) is 19.3 Å². The van der Waals surface area contributed by atoms with E-state index in [1.54, 1.807) is 6.07 Å². The molecule has 1 aliphatic rings. The van der Waals surface area contributed by atoms with Crippen molar-refractivity contribution in [2.45, 2.75) is 52.6 Å². The third-order valence-electron chi connectivity index (χ3n) is 5.21. The number of hydrogen-bond donors (Lipinski definition) is 1. The molecule has 1 fully saturated rings. The summed E-state index contributed by atoms with van der Waals surface area (Å²) in [7, 11) is 0. The maximum Gasteiger partial charge on any atom is 0.344 e. The van der Waals surface area contributed by atoms with Crippen LogP contribution in [0.4, 0.5) is 5.69 Å². The molecule has 2 rings (SSSR count). The summed E-state index contributed by atoms with van der Waals surface area (Å²) in [5, 5.41) is 11.0. The number of benzene rings is 1. The number of carbonyl (C=O) groups is 3. The molecule has 156 valence electrons. The van der Waals surface area contributed by atoms with Crippen LogP contribution in [0.5, 0.6) is 0 Å². The lowest BCUT2D eigenvalue weighted by atomic mass is 9.75. The van der Waals surface area contributed by atoms with Crippen LogP contribution in [-0.2, 0) is 19.1 Å². The van der Waals surface area contributed by atoms with Crippen molar-refractivity contribution in [1.29, 1.82) is 5.26 Å². The van der Waals surface area contributed by atoms with E-state index in [4.69, 9.17) is 14.7 Å². The molecule has 0 unspecified atom stereocenters. The molecule has 0 spiro atoms. The van der Waals surface area contributed by atoms with Crippen LogP contribution in [-0.4, -0.2) is 30.6 Å². The van der Waals surface area contributed by atoms with Gasteiger partial charge in [-0.05, 0) is 54.9 Å². The molecule has 1 saturated carbocycles. The lowest BCUT2D eigenvalue weighted by molar-refractivity contribution is -0.159. The number of nitriles is 1. The Bertz CT molecular complexity index is 766. The summed E-state index contributed by atoms with van der Waals surface area (Å²) in [6.07, 6.45) is 2.62. The van der Waals surface area contributed by atoms with Gasteiger partial charge in [0, 0.05) is 5.69 Å². The lowest BCUT2D eigenvalue weighted by Crippen LogP contribution is -2.36. The third-order valence-corrected chi connectivity index (χ3v) is 5.21. The van der Waals surface area contributed by atoms with E-state index in [0.29, 0.717) is 23.4 Å². The van der Waals surface area contributed by atoms with Crippen LogP contribution in [0.15, 0.2) is 24.3 Å². The van der Waals surface area contributed by atoms with Crippen molar-refractivity contribution in [3.05, 3.63) is 29.8 Å². The van der Waals surface area contributed by atoms with Crippen molar-refractivity contribution in [2.75, 3.05) is 11.9 Å². The van der Waals surface area contributed by atoms with Gasteiger partial charge in [0.25, 0.3) is 0 Å². The van der Waals surface area contributed by atoms with Crippen LogP contribution in [0, 0.1) is 29.1 Å². The summed E-state index contributed by atoms with van der Waals surface area (Å²) in [5.41, 5.74) is 0.717. The third kappa shape index (κ3) is 6.90. The Balaban J connectivity index is 1.84. The average molecular weight is 400 g/mol. The van der Waals surface area contributed by atoms with Crippen molar-refractivity contribution in [1.82, 2.24) is 0 Å². The molecule has 29 heavy (non-hydrogen) atoms. The van der Waals surface area contributed by atoms with Crippen molar-refractivity contribution >= 4 is 23.5 Å². The number of rotatable bonds is 7. The first kappa shape index (κ1) is 22.4. The van der Waals surface area contributed by atoms with E-state index in [-0.39, 0.29) is 18.1 Å². The van der Waals surface area contributed by atoms with E-state index < -0.39 is 24.5 Å².